The van der Waals surface area contributed by atoms with E-state index >= 15 is 0 Å². The van der Waals surface area contributed by atoms with Crippen molar-refractivity contribution in [3.8, 4) is 55.9 Å². The first-order chi connectivity index (χ1) is 35.5. The van der Waals surface area contributed by atoms with Gasteiger partial charge in [-0.15, -0.1) is 0 Å². The van der Waals surface area contributed by atoms with Crippen LogP contribution in [0, 0.1) is 0 Å². The normalized spacial score (nSPS) is 13.6. The molecular weight excluding hydrogens is 871 g/mol. The van der Waals surface area contributed by atoms with Gasteiger partial charge in [0.15, 0.2) is 0 Å². The maximum atomic E-state index is 5.83. The van der Waals surface area contributed by atoms with Crippen molar-refractivity contribution < 1.29 is 0 Å². The molecule has 0 saturated heterocycles. The summed E-state index contributed by atoms with van der Waals surface area (Å²) in [6, 6.07) is 96.0. The summed E-state index contributed by atoms with van der Waals surface area (Å²) in [6.45, 7) is 4.76. The first-order valence-corrected chi connectivity index (χ1v) is 25.1. The molecule has 14 rings (SSSR count). The van der Waals surface area contributed by atoms with Gasteiger partial charge in [-0.25, -0.2) is 4.52 Å². The van der Waals surface area contributed by atoms with Crippen LogP contribution >= 0.6 is 0 Å². The minimum atomic E-state index is -0.594. The highest BCUT2D eigenvalue weighted by atomic mass is 15.3. The lowest BCUT2D eigenvalue weighted by molar-refractivity contribution is 0.660. The Morgan fingerprint density at radius 3 is 1.57 bits per heavy atom. The molecule has 340 valence electrons. The number of fused-ring (bicyclic) bond motifs is 9. The number of aromatic nitrogens is 2. The van der Waals surface area contributed by atoms with Crippen LogP contribution in [0.3, 0.4) is 0 Å². The maximum Gasteiger partial charge on any atom is 0.101 e. The van der Waals surface area contributed by atoms with Crippen molar-refractivity contribution in [2.75, 3.05) is 4.90 Å². The van der Waals surface area contributed by atoms with Gasteiger partial charge in [0.05, 0.1) is 28.0 Å². The lowest BCUT2D eigenvalue weighted by Gasteiger charge is -2.35. The van der Waals surface area contributed by atoms with Crippen LogP contribution in [0.15, 0.2) is 261 Å². The minimum Gasteiger partial charge on any atom is -0.307 e. The van der Waals surface area contributed by atoms with E-state index in [1.165, 1.54) is 55.6 Å². The Hall–Kier alpha value is -9.05. The molecule has 2 aromatic heterocycles. The van der Waals surface area contributed by atoms with Crippen molar-refractivity contribution >= 4 is 33.4 Å². The number of nitrogens with zero attached hydrogens (tertiary/aromatic N) is 3. The second-order valence-corrected chi connectivity index (χ2v) is 19.8. The van der Waals surface area contributed by atoms with Crippen molar-refractivity contribution in [1.29, 1.82) is 0 Å². The number of benzene rings is 10. The highest BCUT2D eigenvalue weighted by molar-refractivity contribution is 6.16. The molecule has 0 atom stereocenters. The van der Waals surface area contributed by atoms with Gasteiger partial charge in [0.1, 0.15) is 5.69 Å². The molecule has 0 unspecified atom stereocenters. The van der Waals surface area contributed by atoms with E-state index in [1.807, 2.05) is 0 Å². The molecule has 72 heavy (non-hydrogen) atoms. The Labute approximate surface area is 420 Å². The Morgan fingerprint density at radius 2 is 0.903 bits per heavy atom. The summed E-state index contributed by atoms with van der Waals surface area (Å²) in [5.41, 5.74) is 22.5. The Bertz CT molecular complexity index is 4000. The van der Waals surface area contributed by atoms with Gasteiger partial charge in [-0.3, -0.25) is 0 Å². The van der Waals surface area contributed by atoms with Crippen molar-refractivity contribution in [3.63, 3.8) is 0 Å². The van der Waals surface area contributed by atoms with Crippen LogP contribution in [0.1, 0.15) is 47.2 Å². The highest BCUT2D eigenvalue weighted by Gasteiger charge is 2.48. The molecule has 2 aliphatic carbocycles. The summed E-state index contributed by atoms with van der Waals surface area (Å²) in [4.78, 5) is 2.59. The van der Waals surface area contributed by atoms with Gasteiger partial charge in [0.25, 0.3) is 0 Å². The van der Waals surface area contributed by atoms with E-state index in [2.05, 4.69) is 284 Å². The Kier molecular flexibility index (Phi) is 9.46. The van der Waals surface area contributed by atoms with Crippen LogP contribution in [0.25, 0.3) is 72.2 Å². The first-order valence-electron chi connectivity index (χ1n) is 25.1. The zero-order chi connectivity index (χ0) is 48.0. The molecule has 0 bridgehead atoms. The Morgan fingerprint density at radius 1 is 0.389 bits per heavy atom. The van der Waals surface area contributed by atoms with E-state index in [4.69, 9.17) is 5.10 Å². The van der Waals surface area contributed by atoms with E-state index in [-0.39, 0.29) is 5.41 Å². The van der Waals surface area contributed by atoms with Gasteiger partial charge in [-0.05, 0) is 73.8 Å². The summed E-state index contributed by atoms with van der Waals surface area (Å²) < 4.78 is 2.27. The molecule has 10 aromatic carbocycles. The molecule has 0 radical (unpaired) electrons. The van der Waals surface area contributed by atoms with E-state index in [0.717, 1.165) is 67.0 Å². The second-order valence-electron chi connectivity index (χ2n) is 19.8. The quantitative estimate of drug-likeness (QED) is 0.151. The van der Waals surface area contributed by atoms with Crippen molar-refractivity contribution in [2.45, 2.75) is 24.7 Å². The van der Waals surface area contributed by atoms with Crippen LogP contribution in [0.4, 0.5) is 17.1 Å². The minimum absolute atomic E-state index is 0.236. The fourth-order valence-corrected chi connectivity index (χ4v) is 12.6. The molecule has 0 spiro atoms. The lowest BCUT2D eigenvalue weighted by Crippen LogP contribution is -2.28. The fraction of sp³-hybridized carbons (Fsp3) is 0.0580. The summed E-state index contributed by atoms with van der Waals surface area (Å²) >= 11 is 0. The van der Waals surface area contributed by atoms with Crippen molar-refractivity contribution in [3.05, 3.63) is 294 Å². The highest BCUT2D eigenvalue weighted by Crippen LogP contribution is 2.61. The monoisotopic (exact) mass is 919 g/mol. The molecule has 3 nitrogen and oxygen atoms in total. The largest absolute Gasteiger partial charge is 0.307 e. The molecule has 0 saturated carbocycles. The van der Waals surface area contributed by atoms with Crippen molar-refractivity contribution in [1.82, 2.24) is 9.61 Å². The average Bonchev–Trinajstić information content (AvgIpc) is 4.07. The number of pyridine rings is 1. The molecule has 0 aliphatic heterocycles. The number of hydrogen-bond donors (Lipinski definition) is 0. The van der Waals surface area contributed by atoms with E-state index in [1.54, 1.807) is 0 Å². The third kappa shape index (κ3) is 6.01. The molecule has 0 fully saturated rings. The average molecular weight is 920 g/mol. The molecule has 3 heteroatoms. The van der Waals surface area contributed by atoms with E-state index < -0.39 is 5.41 Å². The zero-order valence-electron chi connectivity index (χ0n) is 40.2. The Balaban J connectivity index is 1.17. The SMILES string of the molecule is CC1(C)c2ccccc2-c2ccc(N(c3cccc4c3-c3ccccc3C4(c3ccccc3)c3ccccc3)c3c(-c4ccccc4)n4nc(-c5ccccc5)c(-c5ccccc5)c4c4ccccc34)cc21. The molecule has 0 N–H and O–H groups in total. The number of hydrogen-bond acceptors (Lipinski definition) is 2. The molecule has 0 amide bonds. The fourth-order valence-electron chi connectivity index (χ4n) is 12.6. The van der Waals surface area contributed by atoms with Gasteiger partial charge < -0.3 is 4.90 Å². The molecular formula is C69H49N3. The van der Waals surface area contributed by atoms with Crippen LogP contribution in [0.5, 0.6) is 0 Å². The number of rotatable bonds is 8. The van der Waals surface area contributed by atoms with Gasteiger partial charge in [-0.2, -0.15) is 5.10 Å². The molecule has 12 aromatic rings. The topological polar surface area (TPSA) is 20.5 Å². The molecule has 2 heterocycles. The third-order valence-electron chi connectivity index (χ3n) is 15.7. The zero-order valence-corrected chi connectivity index (χ0v) is 40.2. The van der Waals surface area contributed by atoms with Crippen LogP contribution in [0.2, 0.25) is 0 Å². The predicted molar refractivity (Wildman–Crippen MR) is 299 cm³/mol. The summed E-state index contributed by atoms with van der Waals surface area (Å²) in [6.07, 6.45) is 0. The van der Waals surface area contributed by atoms with Crippen LogP contribution in [-0.2, 0) is 10.8 Å². The van der Waals surface area contributed by atoms with Gasteiger partial charge in [0.2, 0.25) is 0 Å². The smallest absolute Gasteiger partial charge is 0.101 e. The third-order valence-corrected chi connectivity index (χ3v) is 15.7. The van der Waals surface area contributed by atoms with Crippen LogP contribution in [-0.4, -0.2) is 9.61 Å². The lowest BCUT2D eigenvalue weighted by atomic mass is 9.68. The van der Waals surface area contributed by atoms with Gasteiger partial charge in [-0.1, -0.05) is 257 Å². The van der Waals surface area contributed by atoms with Crippen molar-refractivity contribution in [2.24, 2.45) is 0 Å². The standard InChI is InChI=1S/C69H49N3/c1-68(2)57-39-22-20-35-52(57)53-44-43-51(45-60(53)68)71(61-42-24-41-59-63(61)56-38-21-23-40-58(56)69(59,49-31-14-6-15-32-49)50-33-16-7-17-34-50)67-55-37-19-18-36-54(55)66-62(46-25-8-3-9-26-46)64(47-27-10-4-11-28-47)70-72(66)65(67)48-29-12-5-13-30-48/h3-45H,1-2H3. The second kappa shape index (κ2) is 16.3. The summed E-state index contributed by atoms with van der Waals surface area (Å²) in [7, 11) is 0. The summed E-state index contributed by atoms with van der Waals surface area (Å²) in [5.74, 6) is 0. The van der Waals surface area contributed by atoms with E-state index in [0.29, 0.717) is 0 Å². The van der Waals surface area contributed by atoms with E-state index in [9.17, 15) is 0 Å². The maximum absolute atomic E-state index is 5.83. The van der Waals surface area contributed by atoms with Gasteiger partial charge >= 0.3 is 0 Å². The summed E-state index contributed by atoms with van der Waals surface area (Å²) in [5, 5.41) is 8.08. The predicted octanol–water partition coefficient (Wildman–Crippen LogP) is 17.6. The van der Waals surface area contributed by atoms with Gasteiger partial charge in [0, 0.05) is 44.1 Å². The number of anilines is 3. The first kappa shape index (κ1) is 41.9. The molecule has 2 aliphatic rings. The van der Waals surface area contributed by atoms with Crippen LogP contribution < -0.4 is 4.90 Å².